The topological polar surface area (TPSA) is 274 Å². The molecule has 6 heterocycles. The van der Waals surface area contributed by atoms with E-state index in [4.69, 9.17) is 44.9 Å². The van der Waals surface area contributed by atoms with E-state index in [1.165, 1.54) is 66.8 Å². The maximum Gasteiger partial charge on any atom is 0.165 e. The summed E-state index contributed by atoms with van der Waals surface area (Å²) in [4.78, 5) is 43.6. The van der Waals surface area contributed by atoms with Gasteiger partial charge in [0.2, 0.25) is 0 Å². The van der Waals surface area contributed by atoms with Gasteiger partial charge in [-0.2, -0.15) is 31.6 Å². The van der Waals surface area contributed by atoms with Crippen LogP contribution in [-0.2, 0) is 10.8 Å². The summed E-state index contributed by atoms with van der Waals surface area (Å²) in [6.07, 6.45) is 0. The van der Waals surface area contributed by atoms with Crippen LogP contribution in [0.3, 0.4) is 0 Å². The lowest BCUT2D eigenvalue weighted by atomic mass is 9.80. The predicted octanol–water partition coefficient (Wildman–Crippen LogP) is 29.9. The minimum absolute atomic E-state index is 0.154. The number of hydrogen-bond donors (Lipinski definition) is 0. The number of rotatable bonds is 12. The minimum Gasteiger partial charge on any atom is -0.308 e. The van der Waals surface area contributed by atoms with Gasteiger partial charge in [-0.1, -0.05) is 356 Å². The number of fused-ring (bicyclic) bond motifs is 20. The van der Waals surface area contributed by atoms with Gasteiger partial charge in [-0.15, -0.1) is 0 Å². The number of benzene rings is 18. The Bertz CT molecular complexity index is 9830. The molecule has 6 aromatic heterocycles. The first-order chi connectivity index (χ1) is 73.1. The van der Waals surface area contributed by atoms with E-state index in [1.807, 2.05) is 243 Å². The highest BCUT2D eigenvalue weighted by Gasteiger charge is 2.41. The van der Waals surface area contributed by atoms with Crippen LogP contribution in [0.4, 0.5) is 0 Å². The highest BCUT2D eigenvalue weighted by Crippen LogP contribution is 2.57. The Labute approximate surface area is 857 Å². The standard InChI is InChI=1S/2C44H28N6.C43H26N6/c1-44(2)35-19-11-9-17-29(35)30-21-24-38-39(40(30)44)32-18-10-12-20-36(32)50(38)37-23-22-31(33(25-45)34(37)26-46)43-48-41(27-13-5-3-6-14-27)47-42(49-43)28-15-7-4-8-16-28;1-44(2)36-19-11-9-17-29(36)32-24-40-33(23-37(32)44)30-18-10-12-20-38(30)50(40)39-22-21-31(34(25-45)35(39)26-46)43-48-41(27-13-5-3-6-14-27)47-42(49-43)28-15-7-4-8-16-28;1-26-29-16-8-9-17-31(29)39-30(26)20-23-38-40(39)33-18-10-11-19-36(33)49(38)37-22-21-32(34(24-44)35(37)25-45)43-47-41(27-12-4-2-5-13-27)46-42(48-43)28-14-6-3-7-15-28/h2*3-24H,1-2H3;2-23,26H,1H3. The Morgan fingerprint density at radius 3 is 0.919 bits per heavy atom. The third kappa shape index (κ3) is 14.6. The molecule has 0 spiro atoms. The van der Waals surface area contributed by atoms with Crippen molar-refractivity contribution >= 4 is 65.4 Å². The average Bonchev–Trinajstić information content (AvgIpc) is 1.55. The molecule has 149 heavy (non-hydrogen) atoms. The smallest absolute Gasteiger partial charge is 0.165 e. The normalized spacial score (nSPS) is 12.9. The molecule has 0 saturated carbocycles. The number of nitrogens with zero attached hydrogens (tertiary/aromatic N) is 18. The van der Waals surface area contributed by atoms with Crippen LogP contribution in [0, 0.1) is 68.0 Å². The Morgan fingerprint density at radius 2 is 0.517 bits per heavy atom. The summed E-state index contributed by atoms with van der Waals surface area (Å²) in [7, 11) is 0. The van der Waals surface area contributed by atoms with E-state index in [0.29, 0.717) is 86.2 Å². The second-order valence-corrected chi connectivity index (χ2v) is 38.4. The monoisotopic (exact) mass is 1910 g/mol. The molecule has 1 unspecified atom stereocenters. The molecular formula is C131H82N18. The molecule has 0 amide bonds. The van der Waals surface area contributed by atoms with Crippen molar-refractivity contribution in [3.8, 4) is 189 Å². The quantitative estimate of drug-likeness (QED) is 0.110. The van der Waals surface area contributed by atoms with Crippen LogP contribution < -0.4 is 0 Å². The first-order valence-corrected chi connectivity index (χ1v) is 49.2. The molecule has 3 aliphatic rings. The maximum absolute atomic E-state index is 10.8. The van der Waals surface area contributed by atoms with E-state index in [1.54, 1.807) is 0 Å². The molecular weight excluding hydrogens is 1830 g/mol. The largest absolute Gasteiger partial charge is 0.308 e. The molecule has 0 bridgehead atoms. The molecule has 1 atom stereocenters. The summed E-state index contributed by atoms with van der Waals surface area (Å²) in [5, 5.41) is 71.2. The van der Waals surface area contributed by atoms with E-state index in [-0.39, 0.29) is 50.1 Å². The summed E-state index contributed by atoms with van der Waals surface area (Å²) in [6.45, 7) is 11.4. The lowest BCUT2D eigenvalue weighted by Crippen LogP contribution is -2.15. The zero-order valence-electron chi connectivity index (χ0n) is 81.2. The van der Waals surface area contributed by atoms with Crippen molar-refractivity contribution in [3.05, 3.63) is 467 Å². The number of hydrogen-bond acceptors (Lipinski definition) is 15. The third-order valence-electron chi connectivity index (χ3n) is 29.5. The Morgan fingerprint density at radius 1 is 0.215 bits per heavy atom. The molecule has 0 radical (unpaired) electrons. The molecule has 0 fully saturated rings. The van der Waals surface area contributed by atoms with E-state index >= 15 is 0 Å². The van der Waals surface area contributed by atoms with Crippen LogP contribution in [0.2, 0.25) is 0 Å². The third-order valence-corrected chi connectivity index (χ3v) is 29.5. The Hall–Kier alpha value is -20.7. The molecule has 24 aromatic rings. The number of para-hydroxylation sites is 3. The molecule has 18 nitrogen and oxygen atoms in total. The lowest BCUT2D eigenvalue weighted by Gasteiger charge is -2.22. The van der Waals surface area contributed by atoms with Crippen molar-refractivity contribution in [3.63, 3.8) is 0 Å². The van der Waals surface area contributed by atoms with E-state index in [9.17, 15) is 31.6 Å². The fourth-order valence-corrected chi connectivity index (χ4v) is 22.6. The highest BCUT2D eigenvalue weighted by atomic mass is 15.1. The van der Waals surface area contributed by atoms with Gasteiger partial charge < -0.3 is 13.7 Å². The van der Waals surface area contributed by atoms with Gasteiger partial charge in [0, 0.05) is 99.1 Å². The van der Waals surface area contributed by atoms with Crippen LogP contribution in [0.25, 0.3) is 218 Å². The van der Waals surface area contributed by atoms with Crippen LogP contribution in [0.5, 0.6) is 0 Å². The second-order valence-electron chi connectivity index (χ2n) is 38.4. The summed E-state index contributed by atoms with van der Waals surface area (Å²) in [5.74, 6) is 4.19. The maximum atomic E-state index is 10.8. The zero-order chi connectivity index (χ0) is 101. The van der Waals surface area contributed by atoms with E-state index < -0.39 is 0 Å². The summed E-state index contributed by atoms with van der Waals surface area (Å²) >= 11 is 0. The van der Waals surface area contributed by atoms with Crippen LogP contribution in [-0.4, -0.2) is 58.6 Å². The van der Waals surface area contributed by atoms with Crippen molar-refractivity contribution in [2.45, 2.75) is 51.4 Å². The molecule has 3 aliphatic carbocycles. The van der Waals surface area contributed by atoms with Gasteiger partial charge >= 0.3 is 0 Å². The molecule has 18 heteroatoms. The van der Waals surface area contributed by atoms with Crippen molar-refractivity contribution in [1.82, 2.24) is 58.6 Å². The summed E-state index contributed by atoms with van der Waals surface area (Å²) in [6, 6.07) is 148. The number of aromatic nitrogens is 12. The molecule has 696 valence electrons. The Kier molecular flexibility index (Phi) is 21.7. The van der Waals surface area contributed by atoms with Gasteiger partial charge in [0.1, 0.15) is 36.4 Å². The molecule has 0 aliphatic heterocycles. The van der Waals surface area contributed by atoms with Gasteiger partial charge in [0.25, 0.3) is 0 Å². The van der Waals surface area contributed by atoms with E-state index in [0.717, 1.165) is 98.8 Å². The lowest BCUT2D eigenvalue weighted by molar-refractivity contribution is 0.661. The van der Waals surface area contributed by atoms with Crippen molar-refractivity contribution < 1.29 is 0 Å². The van der Waals surface area contributed by atoms with E-state index in [2.05, 4.69) is 242 Å². The highest BCUT2D eigenvalue weighted by molar-refractivity contribution is 6.19. The van der Waals surface area contributed by atoms with Crippen molar-refractivity contribution in [2.24, 2.45) is 0 Å². The fraction of sp³-hybridized carbons (Fsp3) is 0.0611. The number of nitriles is 6. The van der Waals surface area contributed by atoms with Crippen molar-refractivity contribution in [2.75, 3.05) is 0 Å². The zero-order valence-corrected chi connectivity index (χ0v) is 81.2. The van der Waals surface area contributed by atoms with Gasteiger partial charge in [0.15, 0.2) is 52.4 Å². The van der Waals surface area contributed by atoms with Gasteiger partial charge in [-0.05, 0) is 146 Å². The average molecular weight is 1910 g/mol. The van der Waals surface area contributed by atoms with Crippen molar-refractivity contribution in [1.29, 1.82) is 31.6 Å². The SMILES string of the molecule is CC1(C)c2ccccc2-c2cc3c(cc21)c1ccccc1n3-c1ccc(-c2nc(-c3ccccc3)nc(-c3ccccc3)n2)c(C#N)c1C#N.CC1(C)c2ccccc2-c2ccc3c(c21)c1ccccc1n3-c1ccc(-c2nc(-c3ccccc3)nc(-c3ccccc3)n2)c(C#N)c1C#N.CC1c2ccccc2-c2c1ccc1c2c2ccccc2n1-c1ccc(-c2nc(-c3ccccc3)nc(-c3ccccc3)n2)c(C#N)c1C#N. The van der Waals surface area contributed by atoms with Gasteiger partial charge in [-0.25, -0.2) is 44.9 Å². The Balaban J connectivity index is 0.000000116. The predicted molar refractivity (Wildman–Crippen MR) is 588 cm³/mol. The summed E-state index contributed by atoms with van der Waals surface area (Å²) in [5.41, 5.74) is 30.3. The van der Waals surface area contributed by atoms with Crippen LogP contribution >= 0.6 is 0 Å². The molecule has 0 saturated heterocycles. The summed E-state index contributed by atoms with van der Waals surface area (Å²) < 4.78 is 6.38. The first-order valence-electron chi connectivity index (χ1n) is 49.2. The van der Waals surface area contributed by atoms with Gasteiger partial charge in [-0.3, -0.25) is 0 Å². The fourth-order valence-electron chi connectivity index (χ4n) is 22.6. The molecule has 18 aromatic carbocycles. The first kappa shape index (κ1) is 89.7. The van der Waals surface area contributed by atoms with Crippen LogP contribution in [0.1, 0.15) is 107 Å². The second kappa shape index (κ2) is 36.1. The van der Waals surface area contributed by atoms with Gasteiger partial charge in [0.05, 0.1) is 83.5 Å². The van der Waals surface area contributed by atoms with Crippen LogP contribution in [0.15, 0.2) is 400 Å². The molecule has 0 N–H and O–H groups in total. The molecule has 27 rings (SSSR count). The minimum atomic E-state index is -0.230.